The number of rotatable bonds is 6. The van der Waals surface area contributed by atoms with Gasteiger partial charge in [0.2, 0.25) is 0 Å². The zero-order chi connectivity index (χ0) is 25.7. The van der Waals surface area contributed by atoms with Crippen LogP contribution in [0.15, 0.2) is 137 Å². The molecule has 0 amide bonds. The van der Waals surface area contributed by atoms with Crippen LogP contribution < -0.4 is 15.9 Å². The van der Waals surface area contributed by atoms with Gasteiger partial charge in [0, 0.05) is 37.2 Å². The van der Waals surface area contributed by atoms with Crippen LogP contribution in [0.25, 0.3) is 11.3 Å². The molecule has 0 aliphatic heterocycles. The molecule has 5 aromatic rings. The van der Waals surface area contributed by atoms with Gasteiger partial charge in [0.05, 0.1) is 7.05 Å². The largest absolute Gasteiger partial charge is 0.233 e. The first-order valence-electron chi connectivity index (χ1n) is 12.4. The molecule has 0 saturated heterocycles. The van der Waals surface area contributed by atoms with Crippen LogP contribution in [0.3, 0.4) is 0 Å². The SMILES string of the molecule is CC(C)(C)Sc1cc(N=P(c2ccccc2)(c2ccccc2)c2ccccc2)nnc1-c1ccccc1. The Morgan fingerprint density at radius 1 is 0.595 bits per heavy atom. The van der Waals surface area contributed by atoms with Crippen LogP contribution in [0.2, 0.25) is 0 Å². The zero-order valence-electron chi connectivity index (χ0n) is 21.3. The van der Waals surface area contributed by atoms with Gasteiger partial charge in [0.15, 0.2) is 5.82 Å². The van der Waals surface area contributed by atoms with Gasteiger partial charge in [-0.3, -0.25) is 0 Å². The van der Waals surface area contributed by atoms with E-state index in [2.05, 4.69) is 130 Å². The standard InChI is InChI=1S/C32H30N3PS/c1-32(2,3)37-29-24-30(33-34-31(29)25-16-8-4-9-17-25)35-36(26-18-10-5-11-19-26,27-20-12-6-13-21-27)28-22-14-7-15-23-28/h4-24H,1-3H3. The van der Waals surface area contributed by atoms with Crippen LogP contribution in [-0.4, -0.2) is 14.9 Å². The van der Waals surface area contributed by atoms with Crippen LogP contribution in [0, 0.1) is 0 Å². The minimum absolute atomic E-state index is 0.00829. The summed E-state index contributed by atoms with van der Waals surface area (Å²) in [6.45, 7) is 6.66. The molecule has 1 aromatic heterocycles. The van der Waals surface area contributed by atoms with E-state index < -0.39 is 7.05 Å². The van der Waals surface area contributed by atoms with Crippen molar-refractivity contribution in [1.82, 2.24) is 10.2 Å². The minimum atomic E-state index is -2.42. The lowest BCUT2D eigenvalue weighted by atomic mass is 10.1. The maximum Gasteiger partial charge on any atom is 0.175 e. The smallest absolute Gasteiger partial charge is 0.175 e. The lowest BCUT2D eigenvalue weighted by Gasteiger charge is -2.27. The summed E-state index contributed by atoms with van der Waals surface area (Å²) in [4.78, 5) is 1.08. The molecule has 184 valence electrons. The highest BCUT2D eigenvalue weighted by Crippen LogP contribution is 2.49. The van der Waals surface area contributed by atoms with Gasteiger partial charge in [0.1, 0.15) is 5.69 Å². The molecule has 0 N–H and O–H groups in total. The number of aromatic nitrogens is 2. The fraction of sp³-hybridized carbons (Fsp3) is 0.125. The Bertz CT molecular complexity index is 1410. The monoisotopic (exact) mass is 519 g/mol. The van der Waals surface area contributed by atoms with E-state index in [1.807, 2.05) is 18.2 Å². The Morgan fingerprint density at radius 3 is 1.46 bits per heavy atom. The topological polar surface area (TPSA) is 38.1 Å². The van der Waals surface area contributed by atoms with Crippen LogP contribution in [-0.2, 0) is 0 Å². The molecule has 0 radical (unpaired) electrons. The van der Waals surface area contributed by atoms with Gasteiger partial charge in [-0.05, 0) is 0 Å². The van der Waals surface area contributed by atoms with Crippen molar-refractivity contribution in [3.8, 4) is 11.3 Å². The first-order valence-corrected chi connectivity index (χ1v) is 14.9. The van der Waals surface area contributed by atoms with E-state index in [1.54, 1.807) is 11.8 Å². The van der Waals surface area contributed by atoms with E-state index in [-0.39, 0.29) is 4.75 Å². The number of benzene rings is 4. The Morgan fingerprint density at radius 2 is 1.03 bits per heavy atom. The van der Waals surface area contributed by atoms with Crippen molar-refractivity contribution in [3.05, 3.63) is 127 Å². The van der Waals surface area contributed by atoms with Crippen molar-refractivity contribution in [1.29, 1.82) is 0 Å². The summed E-state index contributed by atoms with van der Waals surface area (Å²) in [5.41, 5.74) is 1.95. The molecule has 4 aromatic carbocycles. The van der Waals surface area contributed by atoms with Gasteiger partial charge in [0.25, 0.3) is 0 Å². The van der Waals surface area contributed by atoms with E-state index >= 15 is 0 Å². The third kappa shape index (κ3) is 5.61. The second-order valence-electron chi connectivity index (χ2n) is 9.74. The summed E-state index contributed by atoms with van der Waals surface area (Å²) in [6, 6.07) is 44.3. The Kier molecular flexibility index (Phi) is 7.41. The van der Waals surface area contributed by atoms with E-state index in [9.17, 15) is 0 Å². The highest BCUT2D eigenvalue weighted by Gasteiger charge is 2.28. The third-order valence-corrected chi connectivity index (χ3v) is 10.6. The number of hydrogen-bond acceptors (Lipinski definition) is 4. The van der Waals surface area contributed by atoms with Gasteiger partial charge in [-0.15, -0.1) is 22.0 Å². The highest BCUT2D eigenvalue weighted by atomic mass is 32.2. The molecule has 37 heavy (non-hydrogen) atoms. The summed E-state index contributed by atoms with van der Waals surface area (Å²) in [7, 11) is -2.42. The highest BCUT2D eigenvalue weighted by molar-refractivity contribution is 8.00. The second kappa shape index (κ2) is 10.9. The lowest BCUT2D eigenvalue weighted by Crippen LogP contribution is -2.25. The van der Waals surface area contributed by atoms with Crippen LogP contribution in [0.1, 0.15) is 20.8 Å². The number of hydrogen-bond donors (Lipinski definition) is 0. The van der Waals surface area contributed by atoms with Crippen LogP contribution in [0.4, 0.5) is 5.82 Å². The molecule has 5 heteroatoms. The summed E-state index contributed by atoms with van der Waals surface area (Å²) < 4.78 is 5.56. The molecular weight excluding hydrogens is 489 g/mol. The quantitative estimate of drug-likeness (QED) is 0.169. The Labute approximate surface area is 224 Å². The van der Waals surface area contributed by atoms with Gasteiger partial charge in [-0.2, -0.15) is 0 Å². The molecular formula is C32H30N3PS. The maximum atomic E-state index is 5.55. The van der Waals surface area contributed by atoms with Gasteiger partial charge < -0.3 is 0 Å². The van der Waals surface area contributed by atoms with Gasteiger partial charge in [-0.25, -0.2) is 4.74 Å². The van der Waals surface area contributed by atoms with Crippen LogP contribution in [0.5, 0.6) is 0 Å². The fourth-order valence-corrected chi connectivity index (χ4v) is 8.86. The molecule has 0 unspecified atom stereocenters. The summed E-state index contributed by atoms with van der Waals surface area (Å²) in [5, 5.41) is 13.0. The maximum absolute atomic E-state index is 5.55. The number of nitrogens with zero attached hydrogens (tertiary/aromatic N) is 3. The first kappa shape index (κ1) is 25.2. The summed E-state index contributed by atoms with van der Waals surface area (Å²) in [6.07, 6.45) is 0. The van der Waals surface area contributed by atoms with E-state index in [0.29, 0.717) is 5.82 Å². The minimum Gasteiger partial charge on any atom is -0.233 e. The average molecular weight is 520 g/mol. The first-order chi connectivity index (χ1) is 18.0. The van der Waals surface area contributed by atoms with Gasteiger partial charge >= 0.3 is 0 Å². The average Bonchev–Trinajstić information content (AvgIpc) is 2.93. The van der Waals surface area contributed by atoms with Crippen molar-refractivity contribution >= 4 is 40.5 Å². The van der Waals surface area contributed by atoms with Crippen molar-refractivity contribution in [3.63, 3.8) is 0 Å². The summed E-state index contributed by atoms with van der Waals surface area (Å²) in [5.74, 6) is 0.649. The lowest BCUT2D eigenvalue weighted by molar-refractivity contribution is 0.802. The Balaban J connectivity index is 1.81. The molecule has 3 nitrogen and oxygen atoms in total. The molecule has 0 saturated carbocycles. The van der Waals surface area contributed by atoms with Crippen molar-refractivity contribution in [2.24, 2.45) is 4.74 Å². The van der Waals surface area contributed by atoms with Crippen molar-refractivity contribution < 1.29 is 0 Å². The van der Waals surface area contributed by atoms with E-state index in [4.69, 9.17) is 14.9 Å². The van der Waals surface area contributed by atoms with Crippen molar-refractivity contribution in [2.45, 2.75) is 30.4 Å². The Hall–Kier alpha value is -3.46. The molecule has 0 aliphatic carbocycles. The molecule has 0 fully saturated rings. The van der Waals surface area contributed by atoms with Crippen LogP contribution >= 0.6 is 18.8 Å². The second-order valence-corrected chi connectivity index (χ2v) is 14.6. The fourth-order valence-electron chi connectivity index (χ4n) is 4.32. The third-order valence-electron chi connectivity index (χ3n) is 5.85. The summed E-state index contributed by atoms with van der Waals surface area (Å²) >= 11 is 1.80. The van der Waals surface area contributed by atoms with E-state index in [0.717, 1.165) is 16.2 Å². The predicted octanol–water partition coefficient (Wildman–Crippen LogP) is 7.84. The van der Waals surface area contributed by atoms with Gasteiger partial charge in [-0.1, -0.05) is 142 Å². The number of thioether (sulfide) groups is 1. The van der Waals surface area contributed by atoms with E-state index in [1.165, 1.54) is 15.9 Å². The molecule has 0 bridgehead atoms. The molecule has 1 heterocycles. The molecule has 5 rings (SSSR count). The molecule has 0 aliphatic rings. The van der Waals surface area contributed by atoms with Crippen molar-refractivity contribution in [2.75, 3.05) is 0 Å². The molecule has 0 atom stereocenters. The zero-order valence-corrected chi connectivity index (χ0v) is 23.0. The molecule has 0 spiro atoms. The predicted molar refractivity (Wildman–Crippen MR) is 160 cm³/mol. The normalized spacial score (nSPS) is 11.8.